The first kappa shape index (κ1) is 13.2. The number of nitrogens with zero attached hydrogens (tertiary/aromatic N) is 1. The Kier molecular flexibility index (Phi) is 3.91. The van der Waals surface area contributed by atoms with Gasteiger partial charge in [-0.05, 0) is 19.1 Å². The number of para-hydroxylation sites is 1. The van der Waals surface area contributed by atoms with Gasteiger partial charge in [0.15, 0.2) is 0 Å². The van der Waals surface area contributed by atoms with Crippen LogP contribution >= 0.6 is 0 Å². The molecule has 2 rings (SSSR count). The molecule has 1 aliphatic heterocycles. The summed E-state index contributed by atoms with van der Waals surface area (Å²) in [4.78, 5) is 40.2. The molecular formula is C13H13NO5. The van der Waals surface area contributed by atoms with Crippen molar-refractivity contribution in [1.29, 1.82) is 0 Å². The van der Waals surface area contributed by atoms with Crippen molar-refractivity contribution < 1.29 is 24.0 Å². The van der Waals surface area contributed by atoms with E-state index in [1.54, 1.807) is 25.1 Å². The first-order chi connectivity index (χ1) is 9.15. The third-order valence-corrected chi connectivity index (χ3v) is 2.59. The summed E-state index contributed by atoms with van der Waals surface area (Å²) < 4.78 is 4.67. The maximum absolute atomic E-state index is 12.0. The number of hydrogen-bond donors (Lipinski definition) is 0. The van der Waals surface area contributed by atoms with Gasteiger partial charge in [-0.2, -0.15) is 5.06 Å². The van der Waals surface area contributed by atoms with Crippen molar-refractivity contribution in [3.05, 3.63) is 29.8 Å². The second kappa shape index (κ2) is 5.62. The summed E-state index contributed by atoms with van der Waals surface area (Å²) in [6.07, 6.45) is 0.252. The van der Waals surface area contributed by atoms with E-state index in [-0.39, 0.29) is 36.8 Å². The van der Waals surface area contributed by atoms with E-state index in [1.165, 1.54) is 6.07 Å². The van der Waals surface area contributed by atoms with Crippen LogP contribution in [-0.2, 0) is 19.2 Å². The highest BCUT2D eigenvalue weighted by atomic mass is 16.7. The number of ether oxygens (including phenoxy) is 1. The van der Waals surface area contributed by atoms with E-state index in [4.69, 9.17) is 4.84 Å². The zero-order valence-electron chi connectivity index (χ0n) is 10.4. The van der Waals surface area contributed by atoms with Crippen molar-refractivity contribution >= 4 is 23.3 Å². The predicted octanol–water partition coefficient (Wildman–Crippen LogP) is 1.10. The van der Waals surface area contributed by atoms with Gasteiger partial charge in [-0.3, -0.25) is 14.4 Å². The second-order valence-electron chi connectivity index (χ2n) is 3.84. The van der Waals surface area contributed by atoms with Crippen LogP contribution in [0, 0.1) is 0 Å². The molecule has 100 valence electrons. The SMILES string of the molecule is CCOC(=O)C(=O)c1ccccc1N1OCCC1=O. The van der Waals surface area contributed by atoms with Crippen LogP contribution in [0.5, 0.6) is 0 Å². The van der Waals surface area contributed by atoms with Crippen LogP contribution < -0.4 is 5.06 Å². The van der Waals surface area contributed by atoms with E-state index in [0.29, 0.717) is 0 Å². The highest BCUT2D eigenvalue weighted by Crippen LogP contribution is 2.25. The zero-order chi connectivity index (χ0) is 13.8. The van der Waals surface area contributed by atoms with Crippen LogP contribution in [0.15, 0.2) is 24.3 Å². The van der Waals surface area contributed by atoms with Crippen LogP contribution in [0.3, 0.4) is 0 Å². The average molecular weight is 263 g/mol. The Bertz CT molecular complexity index is 526. The van der Waals surface area contributed by atoms with Crippen molar-refractivity contribution in [3.8, 4) is 0 Å². The van der Waals surface area contributed by atoms with E-state index in [1.807, 2.05) is 0 Å². The summed E-state index contributed by atoms with van der Waals surface area (Å²) in [5, 5.41) is 1.05. The predicted molar refractivity (Wildman–Crippen MR) is 65.5 cm³/mol. The lowest BCUT2D eigenvalue weighted by molar-refractivity contribution is -0.137. The van der Waals surface area contributed by atoms with Gasteiger partial charge in [0.25, 0.3) is 11.7 Å². The molecule has 1 aromatic rings. The number of Topliss-reactive ketones (excluding diaryl/α,β-unsaturated/α-hetero) is 1. The molecule has 0 aromatic heterocycles. The van der Waals surface area contributed by atoms with Gasteiger partial charge in [0.2, 0.25) is 0 Å². The number of anilines is 1. The van der Waals surface area contributed by atoms with E-state index in [9.17, 15) is 14.4 Å². The normalized spacial score (nSPS) is 14.6. The molecule has 0 saturated carbocycles. The van der Waals surface area contributed by atoms with E-state index >= 15 is 0 Å². The quantitative estimate of drug-likeness (QED) is 0.462. The van der Waals surface area contributed by atoms with Crippen molar-refractivity contribution in [2.75, 3.05) is 18.3 Å². The van der Waals surface area contributed by atoms with Crippen LogP contribution in [-0.4, -0.2) is 30.9 Å². The fourth-order valence-corrected chi connectivity index (χ4v) is 1.75. The molecule has 0 spiro atoms. The van der Waals surface area contributed by atoms with Gasteiger partial charge in [-0.1, -0.05) is 12.1 Å². The second-order valence-corrected chi connectivity index (χ2v) is 3.84. The van der Waals surface area contributed by atoms with Gasteiger partial charge in [0.05, 0.1) is 30.9 Å². The average Bonchev–Trinajstić information content (AvgIpc) is 2.84. The summed E-state index contributed by atoms with van der Waals surface area (Å²) in [5.41, 5.74) is 0.360. The molecule has 0 bridgehead atoms. The van der Waals surface area contributed by atoms with Gasteiger partial charge < -0.3 is 4.74 Å². The van der Waals surface area contributed by atoms with Crippen LogP contribution in [0.2, 0.25) is 0 Å². The fourth-order valence-electron chi connectivity index (χ4n) is 1.75. The van der Waals surface area contributed by atoms with Gasteiger partial charge in [-0.15, -0.1) is 0 Å². The molecule has 0 aliphatic carbocycles. The molecule has 0 N–H and O–H groups in total. The number of ketones is 1. The maximum atomic E-state index is 12.0. The minimum absolute atomic E-state index is 0.0937. The first-order valence-electron chi connectivity index (χ1n) is 5.91. The molecule has 1 amide bonds. The van der Waals surface area contributed by atoms with Gasteiger partial charge in [0, 0.05) is 0 Å². The summed E-state index contributed by atoms with van der Waals surface area (Å²) in [6, 6.07) is 6.28. The van der Waals surface area contributed by atoms with Crippen molar-refractivity contribution in [2.24, 2.45) is 0 Å². The molecule has 0 radical (unpaired) electrons. The van der Waals surface area contributed by atoms with Gasteiger partial charge in [0.1, 0.15) is 0 Å². The van der Waals surface area contributed by atoms with Crippen LogP contribution in [0.25, 0.3) is 0 Å². The molecule has 0 unspecified atom stereocenters. The number of benzene rings is 1. The Balaban J connectivity index is 2.33. The van der Waals surface area contributed by atoms with E-state index < -0.39 is 11.8 Å². The Morgan fingerprint density at radius 3 is 2.74 bits per heavy atom. The maximum Gasteiger partial charge on any atom is 0.379 e. The Morgan fingerprint density at radius 2 is 2.11 bits per heavy atom. The van der Waals surface area contributed by atoms with Crippen molar-refractivity contribution in [3.63, 3.8) is 0 Å². The third-order valence-electron chi connectivity index (χ3n) is 2.59. The number of hydroxylamine groups is 1. The largest absolute Gasteiger partial charge is 0.460 e. The first-order valence-corrected chi connectivity index (χ1v) is 5.91. The van der Waals surface area contributed by atoms with Crippen LogP contribution in [0.1, 0.15) is 23.7 Å². The fraction of sp³-hybridized carbons (Fsp3) is 0.308. The molecule has 1 heterocycles. The molecular weight excluding hydrogens is 250 g/mol. The molecule has 1 aliphatic rings. The number of amides is 1. The smallest absolute Gasteiger partial charge is 0.379 e. The summed E-state index contributed by atoms with van der Waals surface area (Å²) in [6.45, 7) is 2.00. The molecule has 6 nitrogen and oxygen atoms in total. The molecule has 0 atom stereocenters. The summed E-state index contributed by atoms with van der Waals surface area (Å²) in [7, 11) is 0. The van der Waals surface area contributed by atoms with Gasteiger partial charge >= 0.3 is 5.97 Å². The monoisotopic (exact) mass is 263 g/mol. The molecule has 1 fully saturated rings. The number of hydrogen-bond acceptors (Lipinski definition) is 5. The molecule has 1 saturated heterocycles. The minimum atomic E-state index is -0.943. The lowest BCUT2D eigenvalue weighted by Gasteiger charge is -2.16. The lowest BCUT2D eigenvalue weighted by Crippen LogP contribution is -2.26. The molecule has 6 heteroatoms. The summed E-state index contributed by atoms with van der Waals surface area (Å²) in [5.74, 6) is -1.98. The number of carbonyl (C=O) groups excluding carboxylic acids is 3. The Hall–Kier alpha value is -2.21. The van der Waals surface area contributed by atoms with E-state index in [2.05, 4.69) is 4.74 Å². The molecule has 1 aromatic carbocycles. The molecule has 19 heavy (non-hydrogen) atoms. The zero-order valence-corrected chi connectivity index (χ0v) is 10.4. The third kappa shape index (κ3) is 2.63. The number of carbonyl (C=O) groups is 3. The standard InChI is InChI=1S/C13H13NO5/c1-2-18-13(17)12(16)9-5-3-4-6-10(9)14-11(15)7-8-19-14/h3-6H,2,7-8H2,1H3. The van der Waals surface area contributed by atoms with Crippen LogP contribution in [0.4, 0.5) is 5.69 Å². The van der Waals surface area contributed by atoms with Crippen molar-refractivity contribution in [2.45, 2.75) is 13.3 Å². The Morgan fingerprint density at radius 1 is 1.37 bits per heavy atom. The summed E-state index contributed by atoms with van der Waals surface area (Å²) >= 11 is 0. The Labute approximate surface area is 109 Å². The topological polar surface area (TPSA) is 72.9 Å². The van der Waals surface area contributed by atoms with Gasteiger partial charge in [-0.25, -0.2) is 4.79 Å². The lowest BCUT2D eigenvalue weighted by atomic mass is 10.1. The number of esters is 1. The highest BCUT2D eigenvalue weighted by Gasteiger charge is 2.29. The minimum Gasteiger partial charge on any atom is -0.460 e. The number of rotatable bonds is 4. The van der Waals surface area contributed by atoms with E-state index in [0.717, 1.165) is 5.06 Å². The van der Waals surface area contributed by atoms with Crippen molar-refractivity contribution in [1.82, 2.24) is 0 Å². The highest BCUT2D eigenvalue weighted by molar-refractivity contribution is 6.42.